The van der Waals surface area contributed by atoms with Crippen molar-refractivity contribution in [2.75, 3.05) is 38.2 Å². The van der Waals surface area contributed by atoms with E-state index in [0.717, 1.165) is 6.07 Å². The number of benzene rings is 2. The summed E-state index contributed by atoms with van der Waals surface area (Å²) in [5, 5.41) is 5.43. The monoisotopic (exact) mass is 526 g/mol. The van der Waals surface area contributed by atoms with Crippen LogP contribution in [0.3, 0.4) is 0 Å². The molecule has 3 heterocycles. The molecule has 0 spiro atoms. The zero-order valence-electron chi connectivity index (χ0n) is 19.7. The normalized spacial score (nSPS) is 21.4. The Hall–Kier alpha value is -3.76. The summed E-state index contributed by atoms with van der Waals surface area (Å²) in [4.78, 5) is 54.5. The molecule has 0 radical (unpaired) electrons. The molecule has 9 nitrogen and oxygen atoms in total. The van der Waals surface area contributed by atoms with E-state index in [1.165, 1.54) is 23.1 Å². The smallest absolute Gasteiger partial charge is 0.256 e. The van der Waals surface area contributed by atoms with Crippen LogP contribution in [-0.4, -0.2) is 78.4 Å². The van der Waals surface area contributed by atoms with Crippen molar-refractivity contribution in [1.29, 1.82) is 0 Å². The van der Waals surface area contributed by atoms with Crippen molar-refractivity contribution < 1.29 is 28.3 Å². The molecular weight excluding hydrogens is 503 g/mol. The van der Waals surface area contributed by atoms with E-state index in [1.54, 1.807) is 29.2 Å². The summed E-state index contributed by atoms with van der Waals surface area (Å²) in [6.45, 7) is 2.19. The first-order chi connectivity index (χ1) is 17.8. The number of ether oxygens (including phenoxy) is 1. The molecular formula is C26H24ClFN4O5. The second-order valence-electron chi connectivity index (χ2n) is 9.07. The van der Waals surface area contributed by atoms with Crippen molar-refractivity contribution in [2.24, 2.45) is 0 Å². The average Bonchev–Trinajstić information content (AvgIpc) is 3.29. The van der Waals surface area contributed by atoms with Crippen molar-refractivity contribution in [2.45, 2.75) is 18.5 Å². The second kappa shape index (κ2) is 10.3. The van der Waals surface area contributed by atoms with Gasteiger partial charge < -0.3 is 25.2 Å². The van der Waals surface area contributed by atoms with Crippen LogP contribution in [0, 0.1) is 5.82 Å². The van der Waals surface area contributed by atoms with E-state index in [1.807, 2.05) is 0 Å². The Morgan fingerprint density at radius 2 is 1.92 bits per heavy atom. The summed E-state index contributed by atoms with van der Waals surface area (Å²) < 4.78 is 18.7. The van der Waals surface area contributed by atoms with E-state index in [0.29, 0.717) is 43.1 Å². The molecule has 0 aliphatic carbocycles. The van der Waals surface area contributed by atoms with E-state index in [4.69, 9.17) is 16.3 Å². The Morgan fingerprint density at radius 1 is 1.14 bits per heavy atom. The number of rotatable bonds is 4. The third-order valence-corrected chi connectivity index (χ3v) is 6.94. The van der Waals surface area contributed by atoms with Gasteiger partial charge in [-0.3, -0.25) is 19.2 Å². The number of carbonyl (C=O) groups excluding carboxylic acids is 4. The molecule has 2 saturated heterocycles. The van der Waals surface area contributed by atoms with Crippen molar-refractivity contribution in [1.82, 2.24) is 15.1 Å². The van der Waals surface area contributed by atoms with Gasteiger partial charge in [-0.2, -0.15) is 0 Å². The molecule has 2 atom stereocenters. The quantitative estimate of drug-likeness (QED) is 0.595. The highest BCUT2D eigenvalue weighted by Gasteiger charge is 2.43. The van der Waals surface area contributed by atoms with Crippen LogP contribution >= 0.6 is 11.6 Å². The number of carbonyl (C=O) groups is 4. The number of anilines is 1. The lowest BCUT2D eigenvalue weighted by molar-refractivity contribution is -0.129. The SMILES string of the molecule is O=C(NC1CC2C(=O)Nc3ccc(C=CC(=O)N4CCOCC4)cc3C(=O)N2C1)c1ccc(F)c(Cl)c1. The molecule has 0 aromatic heterocycles. The average molecular weight is 527 g/mol. The van der Waals surface area contributed by atoms with Gasteiger partial charge in [-0.05, 0) is 48.4 Å². The summed E-state index contributed by atoms with van der Waals surface area (Å²) in [6.07, 6.45) is 3.32. The number of morpholine rings is 1. The maximum atomic E-state index is 13.4. The zero-order valence-corrected chi connectivity index (χ0v) is 20.5. The van der Waals surface area contributed by atoms with Crippen LogP contribution in [0.1, 0.15) is 32.7 Å². The fourth-order valence-corrected chi connectivity index (χ4v) is 4.88. The van der Waals surface area contributed by atoms with Crippen LogP contribution in [0.2, 0.25) is 5.02 Å². The minimum Gasteiger partial charge on any atom is -0.378 e. The molecule has 3 aliphatic heterocycles. The Labute approximate surface area is 217 Å². The van der Waals surface area contributed by atoms with Gasteiger partial charge in [0.15, 0.2) is 0 Å². The number of hydrogen-bond acceptors (Lipinski definition) is 5. The highest BCUT2D eigenvalue weighted by atomic mass is 35.5. The van der Waals surface area contributed by atoms with E-state index in [9.17, 15) is 23.6 Å². The first kappa shape index (κ1) is 24.9. The van der Waals surface area contributed by atoms with E-state index >= 15 is 0 Å². The maximum absolute atomic E-state index is 13.4. The zero-order chi connectivity index (χ0) is 26.1. The number of halogens is 2. The molecule has 2 aromatic carbocycles. The first-order valence-electron chi connectivity index (χ1n) is 11.9. The standard InChI is InChI=1S/C26H24ClFN4O5/c27-19-12-16(3-4-20(19)28)24(34)29-17-13-22-25(35)30-21-5-1-15(11-18(21)26(36)32(22)14-17)2-6-23(33)31-7-9-37-10-8-31/h1-6,11-12,17,22H,7-10,13-14H2,(H,29,34)(H,30,35). The predicted molar refractivity (Wildman–Crippen MR) is 134 cm³/mol. The Kier molecular flexibility index (Phi) is 6.94. The van der Waals surface area contributed by atoms with Gasteiger partial charge in [-0.15, -0.1) is 0 Å². The van der Waals surface area contributed by atoms with Crippen molar-refractivity contribution in [3.8, 4) is 0 Å². The Morgan fingerprint density at radius 3 is 2.68 bits per heavy atom. The number of nitrogens with zero attached hydrogens (tertiary/aromatic N) is 2. The van der Waals surface area contributed by atoms with Gasteiger partial charge in [0.2, 0.25) is 11.8 Å². The summed E-state index contributed by atoms with van der Waals surface area (Å²) in [5.74, 6) is -1.95. The number of hydrogen-bond donors (Lipinski definition) is 2. The molecule has 192 valence electrons. The lowest BCUT2D eigenvalue weighted by Crippen LogP contribution is -2.41. The molecule has 37 heavy (non-hydrogen) atoms. The van der Waals surface area contributed by atoms with Crippen molar-refractivity contribution in [3.05, 3.63) is 70.0 Å². The number of nitrogens with one attached hydrogen (secondary N) is 2. The molecule has 2 N–H and O–H groups in total. The summed E-state index contributed by atoms with van der Waals surface area (Å²) >= 11 is 5.78. The number of amides is 4. The van der Waals surface area contributed by atoms with E-state index in [-0.39, 0.29) is 41.3 Å². The largest absolute Gasteiger partial charge is 0.378 e. The Balaban J connectivity index is 1.30. The second-order valence-corrected chi connectivity index (χ2v) is 9.48. The maximum Gasteiger partial charge on any atom is 0.256 e. The number of fused-ring (bicyclic) bond motifs is 2. The van der Waals surface area contributed by atoms with Crippen LogP contribution in [-0.2, 0) is 14.3 Å². The van der Waals surface area contributed by atoms with Crippen LogP contribution < -0.4 is 10.6 Å². The summed E-state index contributed by atoms with van der Waals surface area (Å²) in [6, 6.07) is 7.41. The first-order valence-corrected chi connectivity index (χ1v) is 12.2. The molecule has 2 fully saturated rings. The van der Waals surface area contributed by atoms with E-state index in [2.05, 4.69) is 10.6 Å². The van der Waals surface area contributed by atoms with Crippen LogP contribution in [0.5, 0.6) is 0 Å². The molecule has 4 amide bonds. The van der Waals surface area contributed by atoms with Crippen molar-refractivity contribution in [3.63, 3.8) is 0 Å². The van der Waals surface area contributed by atoms with Gasteiger partial charge in [0.1, 0.15) is 11.9 Å². The Bertz CT molecular complexity index is 1310. The minimum absolute atomic E-state index is 0.132. The van der Waals surface area contributed by atoms with Crippen molar-refractivity contribution >= 4 is 47.0 Å². The highest BCUT2D eigenvalue weighted by Crippen LogP contribution is 2.30. The molecule has 2 aromatic rings. The lowest BCUT2D eigenvalue weighted by atomic mass is 10.1. The van der Waals surface area contributed by atoms with Gasteiger partial charge in [0.05, 0.1) is 29.5 Å². The minimum atomic E-state index is -0.760. The third-order valence-electron chi connectivity index (χ3n) is 6.65. The third kappa shape index (κ3) is 5.21. The van der Waals surface area contributed by atoms with Crippen LogP contribution in [0.25, 0.3) is 6.08 Å². The molecule has 0 bridgehead atoms. The predicted octanol–water partition coefficient (Wildman–Crippen LogP) is 2.32. The van der Waals surface area contributed by atoms with Gasteiger partial charge >= 0.3 is 0 Å². The topological polar surface area (TPSA) is 108 Å². The molecule has 11 heteroatoms. The lowest BCUT2D eigenvalue weighted by Gasteiger charge is -2.25. The molecule has 3 aliphatic rings. The van der Waals surface area contributed by atoms with Gasteiger partial charge in [-0.25, -0.2) is 4.39 Å². The van der Waals surface area contributed by atoms with Gasteiger partial charge in [0.25, 0.3) is 11.8 Å². The molecule has 0 saturated carbocycles. The molecule has 5 rings (SSSR count). The van der Waals surface area contributed by atoms with E-state index < -0.39 is 23.8 Å². The van der Waals surface area contributed by atoms with Gasteiger partial charge in [0, 0.05) is 37.3 Å². The molecule has 2 unspecified atom stereocenters. The highest BCUT2D eigenvalue weighted by molar-refractivity contribution is 6.31. The summed E-state index contributed by atoms with van der Waals surface area (Å²) in [5.41, 5.74) is 1.51. The van der Waals surface area contributed by atoms with Crippen LogP contribution in [0.4, 0.5) is 10.1 Å². The van der Waals surface area contributed by atoms with Crippen LogP contribution in [0.15, 0.2) is 42.5 Å². The fourth-order valence-electron chi connectivity index (χ4n) is 4.70. The van der Waals surface area contributed by atoms with Gasteiger partial charge in [-0.1, -0.05) is 17.7 Å². The fraction of sp³-hybridized carbons (Fsp3) is 0.308. The summed E-state index contributed by atoms with van der Waals surface area (Å²) in [7, 11) is 0.